The lowest BCUT2D eigenvalue weighted by Crippen LogP contribution is -2.54. The van der Waals surface area contributed by atoms with Crippen LogP contribution < -0.4 is 5.32 Å². The fourth-order valence-corrected chi connectivity index (χ4v) is 7.72. The number of likely N-dealkylation sites (N-methyl/N-ethyl adjacent to an activating group) is 1. The predicted octanol–water partition coefficient (Wildman–Crippen LogP) is 4.14. The number of fused-ring (bicyclic) bond motifs is 1. The van der Waals surface area contributed by atoms with Crippen LogP contribution in [0.1, 0.15) is 47.9 Å². The molecule has 3 fully saturated rings. The molecule has 3 saturated heterocycles. The first-order valence-electron chi connectivity index (χ1n) is 17.1. The normalized spacial score (nSPS) is 21.4. The number of hydrogen-bond donors (Lipinski definition) is 1. The zero-order chi connectivity index (χ0) is 32.2. The molecule has 10 heteroatoms. The molecule has 4 amide bonds. The molecular formula is C36H50N6O4. The molecule has 4 heterocycles. The number of carbonyl (C=O) groups excluding carboxylic acids is 3. The summed E-state index contributed by atoms with van der Waals surface area (Å²) in [7, 11) is 2.17. The Bertz CT molecular complexity index is 1370. The minimum Gasteiger partial charge on any atom is -0.436 e. The molecule has 248 valence electrons. The second-order valence-electron chi connectivity index (χ2n) is 13.7. The predicted molar refractivity (Wildman–Crippen MR) is 179 cm³/mol. The van der Waals surface area contributed by atoms with Crippen LogP contribution in [0.25, 0.3) is 0 Å². The number of piperazine rings is 1. The van der Waals surface area contributed by atoms with Gasteiger partial charge in [-0.2, -0.15) is 0 Å². The molecule has 4 aliphatic heterocycles. The van der Waals surface area contributed by atoms with Crippen LogP contribution in [0.2, 0.25) is 0 Å². The molecule has 0 saturated carbocycles. The third-order valence-electron chi connectivity index (χ3n) is 10.4. The molecule has 46 heavy (non-hydrogen) atoms. The number of nitrogens with zero attached hydrogens (tertiary/aromatic N) is 5. The number of carbonyl (C=O) groups is 3. The van der Waals surface area contributed by atoms with Gasteiger partial charge >= 0.3 is 12.1 Å². The smallest absolute Gasteiger partial charge is 0.410 e. The van der Waals surface area contributed by atoms with Gasteiger partial charge in [0.2, 0.25) is 0 Å². The minimum absolute atomic E-state index is 0.0488. The standard InChI is InChI=1S/C36H50N6O4/c1-26-22-27(2)24-28(23-26)25-33(34(43)40-13-9-30(10-14-40)39-20-18-38(3)19-21-39)46-36(45)41-15-11-31(12-16-41)42-17-8-29-6-4-5-7-32(29)37-35(42)44/h4-7,22-24,30-31,33H,8-21,25H2,1-3H3,(H,37,44)/t33-/m1/s1. The number of likely N-dealkylation sites (tertiary alicyclic amines) is 2. The largest absolute Gasteiger partial charge is 0.436 e. The van der Waals surface area contributed by atoms with E-state index >= 15 is 0 Å². The van der Waals surface area contributed by atoms with Crippen molar-refractivity contribution in [3.8, 4) is 0 Å². The molecule has 0 radical (unpaired) electrons. The number of rotatable bonds is 6. The third-order valence-corrected chi connectivity index (χ3v) is 10.4. The van der Waals surface area contributed by atoms with E-state index < -0.39 is 12.2 Å². The van der Waals surface area contributed by atoms with Crippen LogP contribution in [0.5, 0.6) is 0 Å². The van der Waals surface area contributed by atoms with Crippen molar-refractivity contribution in [2.24, 2.45) is 0 Å². The van der Waals surface area contributed by atoms with Gasteiger partial charge in [-0.3, -0.25) is 9.69 Å². The minimum atomic E-state index is -0.874. The number of benzene rings is 2. The van der Waals surface area contributed by atoms with E-state index in [2.05, 4.69) is 60.3 Å². The van der Waals surface area contributed by atoms with Crippen molar-refractivity contribution in [1.82, 2.24) is 24.5 Å². The van der Waals surface area contributed by atoms with Gasteiger partial charge in [-0.1, -0.05) is 47.5 Å². The first-order chi connectivity index (χ1) is 22.2. The summed E-state index contributed by atoms with van der Waals surface area (Å²) < 4.78 is 6.09. The summed E-state index contributed by atoms with van der Waals surface area (Å²) in [6.45, 7) is 11.4. The number of anilines is 1. The van der Waals surface area contributed by atoms with Crippen molar-refractivity contribution >= 4 is 23.7 Å². The van der Waals surface area contributed by atoms with Crippen LogP contribution in [-0.2, 0) is 22.4 Å². The van der Waals surface area contributed by atoms with Crippen LogP contribution in [0.4, 0.5) is 15.3 Å². The highest BCUT2D eigenvalue weighted by Gasteiger charge is 2.36. The summed E-state index contributed by atoms with van der Waals surface area (Å²) in [5.41, 5.74) is 5.27. The van der Waals surface area contributed by atoms with Crippen LogP contribution in [0.3, 0.4) is 0 Å². The first kappa shape index (κ1) is 32.3. The van der Waals surface area contributed by atoms with Crippen molar-refractivity contribution in [3.63, 3.8) is 0 Å². The number of hydrogen-bond acceptors (Lipinski definition) is 6. The highest BCUT2D eigenvalue weighted by atomic mass is 16.6. The van der Waals surface area contributed by atoms with Crippen molar-refractivity contribution in [3.05, 3.63) is 64.7 Å². The number of amides is 4. The Morgan fingerprint density at radius 1 is 0.826 bits per heavy atom. The Morgan fingerprint density at radius 2 is 1.46 bits per heavy atom. The monoisotopic (exact) mass is 630 g/mol. The molecule has 6 rings (SSSR count). The molecule has 2 aromatic rings. The quantitative estimate of drug-likeness (QED) is 0.516. The number of nitrogens with one attached hydrogen (secondary N) is 1. The van der Waals surface area contributed by atoms with E-state index in [9.17, 15) is 14.4 Å². The molecule has 1 N–H and O–H groups in total. The molecule has 0 aromatic heterocycles. The summed E-state index contributed by atoms with van der Waals surface area (Å²) in [6.07, 6.45) is 3.08. The Balaban J connectivity index is 1.07. The van der Waals surface area contributed by atoms with Gasteiger partial charge in [0.15, 0.2) is 6.10 Å². The maximum atomic E-state index is 14.0. The molecule has 4 aliphatic rings. The molecule has 0 bridgehead atoms. The number of aryl methyl sites for hydroxylation is 2. The number of ether oxygens (including phenoxy) is 1. The Morgan fingerprint density at radius 3 is 2.15 bits per heavy atom. The zero-order valence-corrected chi connectivity index (χ0v) is 27.7. The maximum absolute atomic E-state index is 14.0. The topological polar surface area (TPSA) is 88.7 Å². The summed E-state index contributed by atoms with van der Waals surface area (Å²) in [4.78, 5) is 51.1. The molecule has 2 aromatic carbocycles. The van der Waals surface area contributed by atoms with E-state index in [0.29, 0.717) is 58.0 Å². The van der Waals surface area contributed by atoms with Gasteiger partial charge in [0, 0.05) is 83.1 Å². The third kappa shape index (κ3) is 7.66. The first-order valence-corrected chi connectivity index (χ1v) is 17.1. The van der Waals surface area contributed by atoms with Gasteiger partial charge in [0.1, 0.15) is 0 Å². The highest BCUT2D eigenvalue weighted by Crippen LogP contribution is 2.26. The lowest BCUT2D eigenvalue weighted by Gasteiger charge is -2.42. The Labute approximate surface area is 273 Å². The van der Waals surface area contributed by atoms with Gasteiger partial charge in [-0.25, -0.2) is 9.59 Å². The lowest BCUT2D eigenvalue weighted by atomic mass is 9.99. The van der Waals surface area contributed by atoms with Gasteiger partial charge in [0.25, 0.3) is 5.91 Å². The van der Waals surface area contributed by atoms with Crippen molar-refractivity contribution in [2.45, 2.75) is 70.6 Å². The fourth-order valence-electron chi connectivity index (χ4n) is 7.72. The van der Waals surface area contributed by atoms with Gasteiger partial charge in [-0.15, -0.1) is 0 Å². The molecule has 0 spiro atoms. The van der Waals surface area contributed by atoms with E-state index in [-0.39, 0.29) is 18.0 Å². The molecular weight excluding hydrogens is 580 g/mol. The highest BCUT2D eigenvalue weighted by molar-refractivity contribution is 5.91. The lowest BCUT2D eigenvalue weighted by molar-refractivity contribution is -0.142. The second-order valence-corrected chi connectivity index (χ2v) is 13.7. The van der Waals surface area contributed by atoms with E-state index in [1.54, 1.807) is 4.90 Å². The average Bonchev–Trinajstić information content (AvgIpc) is 3.22. The maximum Gasteiger partial charge on any atom is 0.410 e. The summed E-state index contributed by atoms with van der Waals surface area (Å²) >= 11 is 0. The Hall–Kier alpha value is -3.63. The van der Waals surface area contributed by atoms with E-state index in [4.69, 9.17) is 4.74 Å². The van der Waals surface area contributed by atoms with Gasteiger partial charge in [-0.05, 0) is 70.2 Å². The molecule has 10 nitrogen and oxygen atoms in total. The van der Waals surface area contributed by atoms with Crippen LogP contribution >= 0.6 is 0 Å². The van der Waals surface area contributed by atoms with Crippen LogP contribution in [0.15, 0.2) is 42.5 Å². The summed E-state index contributed by atoms with van der Waals surface area (Å²) in [5, 5.41) is 3.06. The average molecular weight is 631 g/mol. The zero-order valence-electron chi connectivity index (χ0n) is 27.7. The van der Waals surface area contributed by atoms with Crippen molar-refractivity contribution in [1.29, 1.82) is 0 Å². The molecule has 0 aliphatic carbocycles. The van der Waals surface area contributed by atoms with E-state index in [1.165, 1.54) is 0 Å². The van der Waals surface area contributed by atoms with Gasteiger partial charge in [0.05, 0.1) is 0 Å². The van der Waals surface area contributed by atoms with Crippen LogP contribution in [0, 0.1) is 13.8 Å². The van der Waals surface area contributed by atoms with Crippen molar-refractivity contribution < 1.29 is 19.1 Å². The van der Waals surface area contributed by atoms with Crippen molar-refractivity contribution in [2.75, 3.05) is 71.3 Å². The van der Waals surface area contributed by atoms with Gasteiger partial charge < -0.3 is 29.7 Å². The summed E-state index contributed by atoms with van der Waals surface area (Å²) in [6, 6.07) is 14.7. The van der Waals surface area contributed by atoms with Crippen LogP contribution in [-0.4, -0.2) is 127 Å². The SMILES string of the molecule is Cc1cc(C)cc(C[C@@H](OC(=O)N2CCC(N3CCc4ccccc4NC3=O)CC2)C(=O)N2CCC(N3CCN(C)CC3)CC2)c1. The Kier molecular flexibility index (Phi) is 10.1. The fraction of sp³-hybridized carbons (Fsp3) is 0.583. The number of piperidine rings is 2. The second kappa shape index (κ2) is 14.4. The number of para-hydroxylation sites is 1. The number of urea groups is 1. The molecule has 1 atom stereocenters. The van der Waals surface area contributed by atoms with E-state index in [0.717, 1.165) is 73.4 Å². The summed E-state index contributed by atoms with van der Waals surface area (Å²) in [5.74, 6) is -0.0972. The molecule has 0 unspecified atom stereocenters. The van der Waals surface area contributed by atoms with E-state index in [1.807, 2.05) is 28.0 Å².